The third-order valence-corrected chi connectivity index (χ3v) is 15.6. The summed E-state index contributed by atoms with van der Waals surface area (Å²) in [6.07, 6.45) is 3.00. The van der Waals surface area contributed by atoms with Crippen molar-refractivity contribution < 1.29 is 34.0 Å². The van der Waals surface area contributed by atoms with Crippen LogP contribution in [0.25, 0.3) is 33.1 Å². The molecule has 2 fully saturated rings. The van der Waals surface area contributed by atoms with Crippen LogP contribution in [-0.2, 0) is 52.7 Å². The minimum absolute atomic E-state index is 0.0221. The zero-order valence-electron chi connectivity index (χ0n) is 40.8. The van der Waals surface area contributed by atoms with Gasteiger partial charge in [-0.2, -0.15) is 15.2 Å². The number of rotatable bonds is 12. The number of esters is 1. The summed E-state index contributed by atoms with van der Waals surface area (Å²) in [5.41, 5.74) is 5.26. The first kappa shape index (κ1) is 47.0. The first-order valence-electron chi connectivity index (χ1n) is 24.8. The van der Waals surface area contributed by atoms with Crippen molar-refractivity contribution in [2.24, 2.45) is 0 Å². The quantitative estimate of drug-likeness (QED) is 0.116. The molecule has 2 N–H and O–H groups in total. The van der Waals surface area contributed by atoms with E-state index < -0.39 is 23.2 Å². The predicted molar refractivity (Wildman–Crippen MR) is 270 cm³/mol. The summed E-state index contributed by atoms with van der Waals surface area (Å²) >= 11 is 0. The number of amides is 1. The zero-order valence-corrected chi connectivity index (χ0v) is 40.8. The first-order chi connectivity index (χ1) is 34.9. The lowest BCUT2D eigenvalue weighted by atomic mass is 9.86. The number of ether oxygens (including phenoxy) is 3. The van der Waals surface area contributed by atoms with E-state index in [9.17, 15) is 29.9 Å². The largest absolute Gasteiger partial charge is 0.489 e. The number of likely N-dealkylation sites (N-methyl/N-ethyl adjacent to an activating group) is 1. The van der Waals surface area contributed by atoms with Gasteiger partial charge in [-0.3, -0.25) is 9.59 Å². The molecule has 3 unspecified atom stereocenters. The number of fused-ring (bicyclic) bond motifs is 7. The van der Waals surface area contributed by atoms with Gasteiger partial charge in [-0.25, -0.2) is 9.78 Å². The Morgan fingerprint density at radius 3 is 2.58 bits per heavy atom. The van der Waals surface area contributed by atoms with Crippen LogP contribution in [0.5, 0.6) is 11.8 Å². The number of pyridine rings is 2. The van der Waals surface area contributed by atoms with Crippen molar-refractivity contribution in [3.8, 4) is 29.2 Å². The number of benzene rings is 3. The molecular formula is C55H57N9O8. The van der Waals surface area contributed by atoms with Gasteiger partial charge < -0.3 is 48.6 Å². The fourth-order valence-corrected chi connectivity index (χ4v) is 11.5. The van der Waals surface area contributed by atoms with Gasteiger partial charge in [-0.05, 0) is 93.0 Å². The van der Waals surface area contributed by atoms with E-state index in [-0.39, 0.29) is 67.9 Å². The molecule has 0 radical (unpaired) electrons. The topological polar surface area (TPSA) is 200 Å². The van der Waals surface area contributed by atoms with Crippen LogP contribution in [0.2, 0.25) is 0 Å². The third kappa shape index (κ3) is 7.98. The molecule has 17 nitrogen and oxygen atoms in total. The molecule has 72 heavy (non-hydrogen) atoms. The van der Waals surface area contributed by atoms with Crippen LogP contribution in [0.4, 0.5) is 11.5 Å². The average molecular weight is 972 g/mol. The number of aliphatic hydroxyl groups excluding tert-OH is 1. The number of hydrogen-bond acceptors (Lipinski definition) is 15. The van der Waals surface area contributed by atoms with E-state index >= 15 is 0 Å². The maximum absolute atomic E-state index is 14.3. The molecule has 17 heteroatoms. The van der Waals surface area contributed by atoms with Crippen molar-refractivity contribution >= 4 is 45.1 Å². The number of hydrogen-bond donors (Lipinski definition) is 2. The van der Waals surface area contributed by atoms with Gasteiger partial charge in [0.05, 0.1) is 66.4 Å². The van der Waals surface area contributed by atoms with Crippen molar-refractivity contribution in [1.82, 2.24) is 29.3 Å². The number of aryl methyl sites for hydroxylation is 1. The first-order valence-corrected chi connectivity index (χ1v) is 24.8. The maximum Gasteiger partial charge on any atom is 0.343 e. The number of carbonyl (C=O) groups is 2. The average Bonchev–Trinajstić information content (AvgIpc) is 3.99. The highest BCUT2D eigenvalue weighted by Gasteiger charge is 2.46. The summed E-state index contributed by atoms with van der Waals surface area (Å²) in [5.74, 6) is 0.0845. The molecule has 3 atom stereocenters. The minimum Gasteiger partial charge on any atom is -0.489 e. The molecule has 0 aliphatic carbocycles. The lowest BCUT2D eigenvalue weighted by molar-refractivity contribution is -0.172. The van der Waals surface area contributed by atoms with Gasteiger partial charge in [-0.1, -0.05) is 43.8 Å². The van der Waals surface area contributed by atoms with Crippen LogP contribution in [-0.4, -0.2) is 116 Å². The standard InChI is InChI=1S/C55H57N9O8/c1-5-55(69)43-24-47-49-40(26-64(47)52(67)42(43)31-71-53(55)68)41(28-65)39-23-37(14-15-44(39)57-49)70-29-33(3)51(66)63-22-21-62(25-35(63)16-18-56)50-38-17-20-61(46-13-7-11-34-10-6-9-32(2)48(34)46)27-45(38)58-54(59-50)72-30-36-12-8-19-60(36)4/h6-7,9-11,13-15,23-24,35-36,65,69H,3,5,8,12,16-17,19-22,25-31H2,1-2,4H3. The second-order valence-corrected chi connectivity index (χ2v) is 19.7. The fourth-order valence-electron chi connectivity index (χ4n) is 11.5. The van der Waals surface area contributed by atoms with Gasteiger partial charge in [0.2, 0.25) is 0 Å². The summed E-state index contributed by atoms with van der Waals surface area (Å²) < 4.78 is 19.4. The Bertz CT molecular complexity index is 3330. The number of aliphatic hydroxyl groups is 2. The van der Waals surface area contributed by atoms with Crippen LogP contribution < -0.4 is 24.8 Å². The Labute approximate surface area is 416 Å². The van der Waals surface area contributed by atoms with Gasteiger partial charge in [0.25, 0.3) is 11.5 Å². The smallest absolute Gasteiger partial charge is 0.343 e. The fraction of sp³-hybridized carbons (Fsp3) is 0.400. The van der Waals surface area contributed by atoms with Gasteiger partial charge >= 0.3 is 12.0 Å². The minimum atomic E-state index is -1.96. The summed E-state index contributed by atoms with van der Waals surface area (Å²) in [6.45, 7) is 11.4. The van der Waals surface area contributed by atoms with Crippen LogP contribution in [0, 0.1) is 18.3 Å². The highest BCUT2D eigenvalue weighted by atomic mass is 16.6. The second kappa shape index (κ2) is 18.7. The monoisotopic (exact) mass is 971 g/mol. The van der Waals surface area contributed by atoms with Crippen LogP contribution in [0.15, 0.2) is 77.6 Å². The normalized spacial score (nSPS) is 20.4. The molecule has 8 heterocycles. The summed E-state index contributed by atoms with van der Waals surface area (Å²) in [7, 11) is 2.12. The molecule has 6 aromatic rings. The number of piperazine rings is 1. The van der Waals surface area contributed by atoms with Crippen molar-refractivity contribution in [2.45, 2.75) is 89.9 Å². The predicted octanol–water partition coefficient (Wildman–Crippen LogP) is 5.43. The van der Waals surface area contributed by atoms with Crippen molar-refractivity contribution in [1.29, 1.82) is 5.26 Å². The van der Waals surface area contributed by atoms with E-state index in [1.165, 1.54) is 26.6 Å². The summed E-state index contributed by atoms with van der Waals surface area (Å²) in [6, 6.07) is 22.1. The Kier molecular flexibility index (Phi) is 12.2. The molecule has 5 aliphatic rings. The van der Waals surface area contributed by atoms with Gasteiger partial charge in [0, 0.05) is 70.9 Å². The Morgan fingerprint density at radius 2 is 1.81 bits per heavy atom. The molecule has 1 amide bonds. The van der Waals surface area contributed by atoms with Crippen molar-refractivity contribution in [3.63, 3.8) is 0 Å². The molecule has 5 aliphatic heterocycles. The second-order valence-electron chi connectivity index (χ2n) is 19.7. The molecule has 0 spiro atoms. The van der Waals surface area contributed by atoms with E-state index in [4.69, 9.17) is 29.2 Å². The maximum atomic E-state index is 14.3. The SMILES string of the molecule is C=C(COc1ccc2nc3c(c(CO)c2c1)Cn1c-3cc2c(c1=O)COC(=O)C2(O)CC)C(=O)N1CCN(c2nc(OCC3CCCN3C)nc3c2CCN(c2cccc4cccc(C)c24)C3)CC1CC#N. The number of cyclic esters (lactones) is 1. The Morgan fingerprint density at radius 1 is 0.972 bits per heavy atom. The van der Waals surface area contributed by atoms with Crippen molar-refractivity contribution in [3.05, 3.63) is 122 Å². The molecule has 3 aromatic carbocycles. The molecule has 2 saturated heterocycles. The third-order valence-electron chi connectivity index (χ3n) is 15.6. The number of aromatic nitrogens is 4. The summed E-state index contributed by atoms with van der Waals surface area (Å²) in [5, 5.41) is 35.2. The number of anilines is 2. The Hall–Kier alpha value is -7.39. The van der Waals surface area contributed by atoms with Crippen LogP contribution in [0.3, 0.4) is 0 Å². The van der Waals surface area contributed by atoms with E-state index in [0.29, 0.717) is 84.4 Å². The number of nitriles is 1. The van der Waals surface area contributed by atoms with E-state index in [2.05, 4.69) is 77.7 Å². The molecule has 370 valence electrons. The molecule has 0 bridgehead atoms. The van der Waals surface area contributed by atoms with Crippen molar-refractivity contribution in [2.75, 3.05) is 62.8 Å². The number of nitrogens with zero attached hydrogens (tertiary/aromatic N) is 9. The van der Waals surface area contributed by atoms with Crippen LogP contribution in [0.1, 0.15) is 71.7 Å². The van der Waals surface area contributed by atoms with E-state index in [0.717, 1.165) is 43.0 Å². The Balaban J connectivity index is 0.813. The van der Waals surface area contributed by atoms with Gasteiger partial charge in [-0.15, -0.1) is 0 Å². The van der Waals surface area contributed by atoms with Gasteiger partial charge in [0.15, 0.2) is 5.60 Å². The lowest BCUT2D eigenvalue weighted by Gasteiger charge is -2.42. The molecular weight excluding hydrogens is 915 g/mol. The highest BCUT2D eigenvalue weighted by molar-refractivity contribution is 5.97. The molecule has 0 saturated carbocycles. The van der Waals surface area contributed by atoms with Gasteiger partial charge in [0.1, 0.15) is 31.4 Å². The number of carbonyl (C=O) groups excluding carboxylic acids is 2. The van der Waals surface area contributed by atoms with Crippen LogP contribution >= 0.6 is 0 Å². The molecule has 11 rings (SSSR count). The lowest BCUT2D eigenvalue weighted by Crippen LogP contribution is -2.56. The summed E-state index contributed by atoms with van der Waals surface area (Å²) in [4.78, 5) is 64.4. The van der Waals surface area contributed by atoms with E-state index in [1.807, 2.05) is 0 Å². The number of likely N-dealkylation sites (tertiary alicyclic amines) is 1. The van der Waals surface area contributed by atoms with E-state index in [1.54, 1.807) is 36.1 Å². The highest BCUT2D eigenvalue weighted by Crippen LogP contribution is 2.42. The zero-order chi connectivity index (χ0) is 50.0. The molecule has 3 aromatic heterocycles.